The van der Waals surface area contributed by atoms with Gasteiger partial charge in [0.2, 0.25) is 0 Å². The van der Waals surface area contributed by atoms with Crippen LogP contribution >= 0.6 is 0 Å². The molecule has 0 saturated carbocycles. The van der Waals surface area contributed by atoms with Gasteiger partial charge in [-0.15, -0.1) is 0 Å². The molecule has 1 heteroatoms. The van der Waals surface area contributed by atoms with Crippen LogP contribution in [0.1, 0.15) is 47.0 Å². The second-order valence-corrected chi connectivity index (χ2v) is 4.67. The van der Waals surface area contributed by atoms with Gasteiger partial charge in [0.15, 0.2) is 0 Å². The predicted octanol–water partition coefficient (Wildman–Crippen LogP) is 3.30. The van der Waals surface area contributed by atoms with Gasteiger partial charge in [-0.05, 0) is 37.8 Å². The molecule has 2 unspecified atom stereocenters. The number of hydrogen-bond acceptors (Lipinski definition) is 1. The Morgan fingerprint density at radius 3 is 2.08 bits per heavy atom. The maximum absolute atomic E-state index is 3.31. The topological polar surface area (TPSA) is 12.0 Å². The van der Waals surface area contributed by atoms with Crippen molar-refractivity contribution in [2.45, 2.75) is 47.0 Å². The van der Waals surface area contributed by atoms with Gasteiger partial charge in [0.1, 0.15) is 0 Å². The van der Waals surface area contributed by atoms with Crippen molar-refractivity contribution in [1.82, 2.24) is 5.32 Å². The van der Waals surface area contributed by atoms with E-state index in [1.54, 1.807) is 0 Å². The van der Waals surface area contributed by atoms with Crippen LogP contribution in [0.2, 0.25) is 0 Å². The summed E-state index contributed by atoms with van der Waals surface area (Å²) < 4.78 is 0. The molecule has 0 bridgehead atoms. The van der Waals surface area contributed by atoms with Gasteiger partial charge in [-0.25, -0.2) is 0 Å². The van der Waals surface area contributed by atoms with E-state index < -0.39 is 0 Å². The molecule has 0 aromatic carbocycles. The Morgan fingerprint density at radius 1 is 1.08 bits per heavy atom. The Kier molecular flexibility index (Phi) is 7.35. The maximum atomic E-state index is 3.31. The third-order valence-corrected chi connectivity index (χ3v) is 3.03. The fraction of sp³-hybridized carbons (Fsp3) is 1.00. The van der Waals surface area contributed by atoms with Crippen LogP contribution < -0.4 is 5.32 Å². The van der Waals surface area contributed by atoms with E-state index in [1.165, 1.54) is 25.8 Å². The molecule has 0 rings (SSSR count). The van der Waals surface area contributed by atoms with Gasteiger partial charge < -0.3 is 5.32 Å². The molecule has 13 heavy (non-hydrogen) atoms. The van der Waals surface area contributed by atoms with Crippen LogP contribution in [0.4, 0.5) is 0 Å². The zero-order chi connectivity index (χ0) is 10.3. The first-order valence-corrected chi connectivity index (χ1v) is 5.76. The molecule has 0 aromatic heterocycles. The quantitative estimate of drug-likeness (QED) is 0.641. The van der Waals surface area contributed by atoms with Crippen LogP contribution in [0.5, 0.6) is 0 Å². The minimum atomic E-state index is 0.850. The van der Waals surface area contributed by atoms with Crippen molar-refractivity contribution in [1.29, 1.82) is 0 Å². The second-order valence-electron chi connectivity index (χ2n) is 4.67. The SMILES string of the molecule is CCC(C)C(CCC(C)C)CNC. The normalized spacial score (nSPS) is 16.2. The van der Waals surface area contributed by atoms with Crippen molar-refractivity contribution in [3.05, 3.63) is 0 Å². The van der Waals surface area contributed by atoms with Gasteiger partial charge in [-0.1, -0.05) is 40.5 Å². The molecular formula is C12H27N. The summed E-state index contributed by atoms with van der Waals surface area (Å²) >= 11 is 0. The largest absolute Gasteiger partial charge is 0.319 e. The molecule has 0 aliphatic heterocycles. The highest BCUT2D eigenvalue weighted by atomic mass is 14.8. The number of nitrogens with one attached hydrogen (secondary N) is 1. The molecule has 0 aliphatic rings. The molecule has 0 fully saturated rings. The highest BCUT2D eigenvalue weighted by molar-refractivity contribution is 4.68. The first kappa shape index (κ1) is 13.0. The molecule has 2 atom stereocenters. The lowest BCUT2D eigenvalue weighted by Crippen LogP contribution is -2.24. The standard InChI is InChI=1S/C12H27N/c1-6-11(4)12(9-13-5)8-7-10(2)3/h10-13H,6-9H2,1-5H3. The molecule has 80 valence electrons. The van der Waals surface area contributed by atoms with Crippen LogP contribution in [-0.2, 0) is 0 Å². The van der Waals surface area contributed by atoms with Crippen molar-refractivity contribution in [3.8, 4) is 0 Å². The highest BCUT2D eigenvalue weighted by Crippen LogP contribution is 2.21. The molecule has 0 aromatic rings. The Hall–Kier alpha value is -0.0400. The van der Waals surface area contributed by atoms with Crippen LogP contribution in [0, 0.1) is 17.8 Å². The molecule has 1 N–H and O–H groups in total. The minimum Gasteiger partial charge on any atom is -0.319 e. The average Bonchev–Trinajstić information content (AvgIpc) is 2.10. The Balaban J connectivity index is 3.79. The summed E-state index contributed by atoms with van der Waals surface area (Å²) in [6.45, 7) is 10.5. The van der Waals surface area contributed by atoms with E-state index in [0.717, 1.165) is 17.8 Å². The van der Waals surface area contributed by atoms with E-state index in [-0.39, 0.29) is 0 Å². The molecule has 0 saturated heterocycles. The average molecular weight is 185 g/mol. The van der Waals surface area contributed by atoms with Crippen molar-refractivity contribution >= 4 is 0 Å². The summed E-state index contributed by atoms with van der Waals surface area (Å²) in [5, 5.41) is 3.31. The van der Waals surface area contributed by atoms with Crippen molar-refractivity contribution in [2.75, 3.05) is 13.6 Å². The Bertz CT molecular complexity index is 110. The summed E-state index contributed by atoms with van der Waals surface area (Å²) in [5.74, 6) is 2.59. The van der Waals surface area contributed by atoms with Gasteiger partial charge >= 0.3 is 0 Å². The summed E-state index contributed by atoms with van der Waals surface area (Å²) in [6, 6.07) is 0. The van der Waals surface area contributed by atoms with E-state index in [1.807, 2.05) is 0 Å². The van der Waals surface area contributed by atoms with Crippen molar-refractivity contribution in [2.24, 2.45) is 17.8 Å². The van der Waals surface area contributed by atoms with E-state index in [9.17, 15) is 0 Å². The summed E-state index contributed by atoms with van der Waals surface area (Å²) in [5.41, 5.74) is 0. The lowest BCUT2D eigenvalue weighted by molar-refractivity contribution is 0.299. The zero-order valence-electron chi connectivity index (χ0n) is 10.1. The Labute approximate surface area is 84.3 Å². The third-order valence-electron chi connectivity index (χ3n) is 3.03. The van der Waals surface area contributed by atoms with E-state index in [4.69, 9.17) is 0 Å². The van der Waals surface area contributed by atoms with E-state index >= 15 is 0 Å². The smallest absolute Gasteiger partial charge is 0.00210 e. The first-order chi connectivity index (χ1) is 6.11. The molecule has 0 spiro atoms. The van der Waals surface area contributed by atoms with Gasteiger partial charge in [0, 0.05) is 0 Å². The minimum absolute atomic E-state index is 0.850. The molecule has 0 heterocycles. The third kappa shape index (κ3) is 6.09. The lowest BCUT2D eigenvalue weighted by Gasteiger charge is -2.23. The summed E-state index contributed by atoms with van der Waals surface area (Å²) in [6.07, 6.45) is 4.06. The van der Waals surface area contributed by atoms with E-state index in [2.05, 4.69) is 40.1 Å². The second kappa shape index (κ2) is 7.37. The zero-order valence-corrected chi connectivity index (χ0v) is 10.1. The summed E-state index contributed by atoms with van der Waals surface area (Å²) in [4.78, 5) is 0. The van der Waals surface area contributed by atoms with Crippen molar-refractivity contribution < 1.29 is 0 Å². The highest BCUT2D eigenvalue weighted by Gasteiger charge is 2.14. The van der Waals surface area contributed by atoms with E-state index in [0.29, 0.717) is 0 Å². The van der Waals surface area contributed by atoms with Gasteiger partial charge in [0.05, 0.1) is 0 Å². The molecule has 0 aliphatic carbocycles. The predicted molar refractivity (Wildman–Crippen MR) is 60.9 cm³/mol. The van der Waals surface area contributed by atoms with Crippen LogP contribution in [0.3, 0.4) is 0 Å². The molecule has 0 amide bonds. The fourth-order valence-electron chi connectivity index (χ4n) is 1.73. The molecule has 0 radical (unpaired) electrons. The number of hydrogen-bond donors (Lipinski definition) is 1. The van der Waals surface area contributed by atoms with Gasteiger partial charge in [-0.2, -0.15) is 0 Å². The maximum Gasteiger partial charge on any atom is -0.00210 e. The number of rotatable bonds is 7. The molecular weight excluding hydrogens is 158 g/mol. The van der Waals surface area contributed by atoms with Gasteiger partial charge in [-0.3, -0.25) is 0 Å². The van der Waals surface area contributed by atoms with Crippen molar-refractivity contribution in [3.63, 3.8) is 0 Å². The van der Waals surface area contributed by atoms with Crippen LogP contribution in [-0.4, -0.2) is 13.6 Å². The van der Waals surface area contributed by atoms with Crippen LogP contribution in [0.25, 0.3) is 0 Å². The first-order valence-electron chi connectivity index (χ1n) is 5.76. The fourth-order valence-corrected chi connectivity index (χ4v) is 1.73. The van der Waals surface area contributed by atoms with Gasteiger partial charge in [0.25, 0.3) is 0 Å². The Morgan fingerprint density at radius 2 is 1.69 bits per heavy atom. The monoisotopic (exact) mass is 185 g/mol. The lowest BCUT2D eigenvalue weighted by atomic mass is 9.86. The summed E-state index contributed by atoms with van der Waals surface area (Å²) in [7, 11) is 2.06. The van der Waals surface area contributed by atoms with Crippen LogP contribution in [0.15, 0.2) is 0 Å². The molecule has 1 nitrogen and oxygen atoms in total.